The number of benzene rings is 2. The maximum absolute atomic E-state index is 12.2. The average molecular weight is 265 g/mol. The van der Waals surface area contributed by atoms with Crippen molar-refractivity contribution in [1.29, 1.82) is 0 Å². The molecule has 20 heavy (non-hydrogen) atoms. The van der Waals surface area contributed by atoms with Gasteiger partial charge in [-0.25, -0.2) is 4.79 Å². The molecule has 1 amide bonds. The van der Waals surface area contributed by atoms with Crippen LogP contribution in [0.2, 0.25) is 0 Å². The highest BCUT2D eigenvalue weighted by molar-refractivity contribution is 5.91. The molecule has 0 atom stereocenters. The number of para-hydroxylation sites is 1. The van der Waals surface area contributed by atoms with Gasteiger partial charge >= 0.3 is 6.09 Å². The van der Waals surface area contributed by atoms with E-state index in [0.29, 0.717) is 0 Å². The smallest absolute Gasteiger partial charge is 0.418 e. The molecule has 0 radical (unpaired) electrons. The molecule has 0 spiro atoms. The number of anilines is 1. The lowest BCUT2D eigenvalue weighted by molar-refractivity contribution is 0.149. The van der Waals surface area contributed by atoms with Gasteiger partial charge in [0, 0.05) is 6.20 Å². The highest BCUT2D eigenvalue weighted by Crippen LogP contribution is 2.26. The Morgan fingerprint density at radius 3 is 2.65 bits per heavy atom. The van der Waals surface area contributed by atoms with Gasteiger partial charge in [0.25, 0.3) is 0 Å². The number of carbonyl (C=O) groups is 1. The first kappa shape index (κ1) is 12.5. The lowest BCUT2D eigenvalue weighted by Crippen LogP contribution is -2.28. The molecule has 1 aliphatic rings. The molecule has 0 unspecified atom stereocenters. The number of hydrogen-bond donors (Lipinski definition) is 0. The minimum absolute atomic E-state index is 0.284. The van der Waals surface area contributed by atoms with Crippen molar-refractivity contribution >= 4 is 11.8 Å². The van der Waals surface area contributed by atoms with E-state index in [-0.39, 0.29) is 12.7 Å². The third-order valence-electron chi connectivity index (χ3n) is 3.25. The predicted octanol–water partition coefficient (Wildman–Crippen LogP) is 3.90. The van der Waals surface area contributed by atoms with Gasteiger partial charge in [-0.3, -0.25) is 4.90 Å². The zero-order valence-corrected chi connectivity index (χ0v) is 11.0. The molecule has 3 nitrogen and oxygen atoms in total. The first-order valence-corrected chi connectivity index (χ1v) is 6.59. The van der Waals surface area contributed by atoms with Crippen molar-refractivity contribution < 1.29 is 9.53 Å². The van der Waals surface area contributed by atoms with Crippen LogP contribution in [0.15, 0.2) is 66.9 Å². The number of fused-ring (bicyclic) bond motifs is 1. The van der Waals surface area contributed by atoms with E-state index in [4.69, 9.17) is 4.74 Å². The van der Waals surface area contributed by atoms with Gasteiger partial charge in [0.15, 0.2) is 0 Å². The van der Waals surface area contributed by atoms with Gasteiger partial charge in [-0.15, -0.1) is 0 Å². The van der Waals surface area contributed by atoms with Crippen LogP contribution >= 0.6 is 0 Å². The topological polar surface area (TPSA) is 29.5 Å². The van der Waals surface area contributed by atoms with Crippen molar-refractivity contribution in [2.75, 3.05) is 4.90 Å². The average Bonchev–Trinajstić information content (AvgIpc) is 2.53. The first-order chi connectivity index (χ1) is 9.84. The van der Waals surface area contributed by atoms with Crippen molar-refractivity contribution in [2.24, 2.45) is 0 Å². The Hall–Kier alpha value is -2.55. The van der Waals surface area contributed by atoms with Gasteiger partial charge in [0.1, 0.15) is 6.61 Å². The Labute approximate surface area is 118 Å². The molecule has 1 heterocycles. The van der Waals surface area contributed by atoms with Crippen molar-refractivity contribution in [3.05, 3.63) is 78.0 Å². The SMILES string of the molecule is O=C(OCc1ccccc1)N1C=CCc2ccccc21. The van der Waals surface area contributed by atoms with Crippen molar-refractivity contribution in [3.63, 3.8) is 0 Å². The summed E-state index contributed by atoms with van der Waals surface area (Å²) in [7, 11) is 0. The normalized spacial score (nSPS) is 12.9. The molecule has 0 aromatic heterocycles. The Morgan fingerprint density at radius 1 is 1.05 bits per heavy atom. The molecule has 0 N–H and O–H groups in total. The fraction of sp³-hybridized carbons (Fsp3) is 0.118. The standard InChI is InChI=1S/C17H15NO2/c19-17(20-13-14-7-2-1-3-8-14)18-12-6-10-15-9-4-5-11-16(15)18/h1-9,11-12H,10,13H2. The Kier molecular flexibility index (Phi) is 3.50. The minimum atomic E-state index is -0.350. The summed E-state index contributed by atoms with van der Waals surface area (Å²) >= 11 is 0. The van der Waals surface area contributed by atoms with Crippen LogP contribution < -0.4 is 4.90 Å². The fourth-order valence-electron chi connectivity index (χ4n) is 2.23. The molecule has 0 aliphatic carbocycles. The third-order valence-corrected chi connectivity index (χ3v) is 3.25. The van der Waals surface area contributed by atoms with E-state index in [1.54, 1.807) is 11.1 Å². The predicted molar refractivity (Wildman–Crippen MR) is 78.4 cm³/mol. The van der Waals surface area contributed by atoms with Crippen LogP contribution in [0.5, 0.6) is 0 Å². The Bertz CT molecular complexity index is 634. The lowest BCUT2D eigenvalue weighted by Gasteiger charge is -2.23. The summed E-state index contributed by atoms with van der Waals surface area (Å²) in [4.78, 5) is 13.7. The number of carbonyl (C=O) groups excluding carboxylic acids is 1. The largest absolute Gasteiger partial charge is 0.444 e. The number of rotatable bonds is 2. The number of nitrogens with zero attached hydrogens (tertiary/aromatic N) is 1. The highest BCUT2D eigenvalue weighted by Gasteiger charge is 2.19. The molecule has 2 aromatic carbocycles. The molecule has 100 valence electrons. The number of ether oxygens (including phenoxy) is 1. The van der Waals surface area contributed by atoms with Gasteiger partial charge in [0.2, 0.25) is 0 Å². The first-order valence-electron chi connectivity index (χ1n) is 6.59. The maximum atomic E-state index is 12.2. The molecule has 2 aromatic rings. The van der Waals surface area contributed by atoms with Crippen LogP contribution in [0.25, 0.3) is 0 Å². The van der Waals surface area contributed by atoms with Crippen LogP contribution in [0.1, 0.15) is 11.1 Å². The van der Waals surface area contributed by atoms with Gasteiger partial charge in [-0.1, -0.05) is 54.6 Å². The minimum Gasteiger partial charge on any atom is -0.444 e. The highest BCUT2D eigenvalue weighted by atomic mass is 16.6. The quantitative estimate of drug-likeness (QED) is 0.824. The van der Waals surface area contributed by atoms with Crippen LogP contribution in [-0.4, -0.2) is 6.09 Å². The summed E-state index contributed by atoms with van der Waals surface area (Å²) in [6, 6.07) is 17.5. The monoisotopic (exact) mass is 265 g/mol. The van der Waals surface area contributed by atoms with Crippen molar-refractivity contribution in [1.82, 2.24) is 0 Å². The van der Waals surface area contributed by atoms with Gasteiger partial charge in [-0.2, -0.15) is 0 Å². The van der Waals surface area contributed by atoms with Crippen molar-refractivity contribution in [2.45, 2.75) is 13.0 Å². The summed E-state index contributed by atoms with van der Waals surface area (Å²) in [5.41, 5.74) is 3.01. The van der Waals surface area contributed by atoms with Crippen molar-refractivity contribution in [3.8, 4) is 0 Å². The third kappa shape index (κ3) is 2.57. The van der Waals surface area contributed by atoms with E-state index >= 15 is 0 Å². The molecular weight excluding hydrogens is 250 g/mol. The van der Waals surface area contributed by atoms with E-state index in [0.717, 1.165) is 23.2 Å². The van der Waals surface area contributed by atoms with Gasteiger partial charge in [-0.05, 0) is 23.6 Å². The second-order valence-electron chi connectivity index (χ2n) is 4.63. The van der Waals surface area contributed by atoms with E-state index < -0.39 is 0 Å². The molecule has 3 rings (SSSR count). The molecule has 0 fully saturated rings. The number of amides is 1. The van der Waals surface area contributed by atoms with Gasteiger partial charge in [0.05, 0.1) is 5.69 Å². The molecular formula is C17H15NO2. The molecule has 3 heteroatoms. The summed E-state index contributed by atoms with van der Waals surface area (Å²) in [5.74, 6) is 0. The van der Waals surface area contributed by atoms with Crippen LogP contribution in [0.3, 0.4) is 0 Å². The Morgan fingerprint density at radius 2 is 1.80 bits per heavy atom. The number of hydrogen-bond acceptors (Lipinski definition) is 2. The second-order valence-corrected chi connectivity index (χ2v) is 4.63. The van der Waals surface area contributed by atoms with E-state index in [1.165, 1.54) is 0 Å². The molecule has 0 saturated heterocycles. The van der Waals surface area contributed by atoms with E-state index in [2.05, 4.69) is 0 Å². The number of allylic oxidation sites excluding steroid dienone is 1. The lowest BCUT2D eigenvalue weighted by atomic mass is 10.1. The fourth-order valence-corrected chi connectivity index (χ4v) is 2.23. The van der Waals surface area contributed by atoms with E-state index in [1.807, 2.05) is 60.7 Å². The van der Waals surface area contributed by atoms with Crippen LogP contribution in [0.4, 0.5) is 10.5 Å². The van der Waals surface area contributed by atoms with Gasteiger partial charge < -0.3 is 4.74 Å². The summed E-state index contributed by atoms with van der Waals surface area (Å²) in [5, 5.41) is 0. The molecule has 0 saturated carbocycles. The molecule has 1 aliphatic heterocycles. The van der Waals surface area contributed by atoms with E-state index in [9.17, 15) is 4.79 Å². The zero-order valence-electron chi connectivity index (χ0n) is 11.0. The Balaban J connectivity index is 1.71. The zero-order chi connectivity index (χ0) is 13.8. The summed E-state index contributed by atoms with van der Waals surface area (Å²) in [6.07, 6.45) is 4.23. The summed E-state index contributed by atoms with van der Waals surface area (Å²) < 4.78 is 5.36. The van der Waals surface area contributed by atoms with Crippen LogP contribution in [0, 0.1) is 0 Å². The second kappa shape index (κ2) is 5.61. The molecule has 0 bridgehead atoms. The maximum Gasteiger partial charge on any atom is 0.418 e. The van der Waals surface area contributed by atoms with Crippen LogP contribution in [-0.2, 0) is 17.8 Å². The summed E-state index contributed by atoms with van der Waals surface area (Å²) in [6.45, 7) is 0.284.